The van der Waals surface area contributed by atoms with Crippen LogP contribution >= 0.6 is 27.2 Å². The lowest BCUT2D eigenvalue weighted by atomic mass is 9.77. The molecular formula is C10H20BOPS3. The number of hydrogen-bond acceptors (Lipinski definition) is 4. The van der Waals surface area contributed by atoms with Crippen molar-refractivity contribution in [2.75, 3.05) is 18.2 Å². The third kappa shape index (κ3) is 2.54. The van der Waals surface area contributed by atoms with Crippen LogP contribution in [0.25, 0.3) is 0 Å². The van der Waals surface area contributed by atoms with Gasteiger partial charge in [-0.25, -0.2) is 0 Å². The molecule has 2 aliphatic rings. The molecule has 0 N–H and O–H groups in total. The highest BCUT2D eigenvalue weighted by molar-refractivity contribution is 9.00. The number of ether oxygens (including phenoxy) is 1. The molecule has 0 saturated carbocycles. The molecule has 6 heteroatoms. The van der Waals surface area contributed by atoms with Crippen molar-refractivity contribution < 1.29 is 4.74 Å². The van der Waals surface area contributed by atoms with E-state index in [4.69, 9.17) is 16.5 Å². The van der Waals surface area contributed by atoms with Crippen LogP contribution in [0.2, 0.25) is 0 Å². The average molecular weight is 294 g/mol. The molecule has 16 heavy (non-hydrogen) atoms. The Balaban J connectivity index is 2.17. The van der Waals surface area contributed by atoms with Crippen molar-refractivity contribution in [1.82, 2.24) is 0 Å². The van der Waals surface area contributed by atoms with Gasteiger partial charge < -0.3 is 4.74 Å². The second kappa shape index (κ2) is 4.81. The van der Waals surface area contributed by atoms with Crippen LogP contribution in [0.4, 0.5) is 0 Å². The Kier molecular flexibility index (Phi) is 4.15. The predicted molar refractivity (Wildman–Crippen MR) is 84.2 cm³/mol. The molecule has 0 radical (unpaired) electrons. The van der Waals surface area contributed by atoms with Crippen LogP contribution in [0, 0.1) is 11.8 Å². The first kappa shape index (κ1) is 13.8. The van der Waals surface area contributed by atoms with Gasteiger partial charge >= 0.3 is 0 Å². The zero-order valence-electron chi connectivity index (χ0n) is 10.4. The summed E-state index contributed by atoms with van der Waals surface area (Å²) in [7, 11) is 2.22. The molecule has 2 aliphatic heterocycles. The maximum atomic E-state index is 6.32. The molecule has 0 amide bonds. The molecule has 2 saturated heterocycles. The van der Waals surface area contributed by atoms with Crippen molar-refractivity contribution >= 4 is 46.9 Å². The second-order valence-electron chi connectivity index (χ2n) is 5.16. The molecule has 2 rings (SSSR count). The van der Waals surface area contributed by atoms with E-state index in [0.717, 1.165) is 5.75 Å². The van der Waals surface area contributed by atoms with Crippen molar-refractivity contribution in [3.8, 4) is 0 Å². The van der Waals surface area contributed by atoms with Gasteiger partial charge in [0.1, 0.15) is 7.85 Å². The molecule has 0 aromatic carbocycles. The van der Waals surface area contributed by atoms with Gasteiger partial charge in [0.15, 0.2) is 0 Å². The summed E-state index contributed by atoms with van der Waals surface area (Å²) in [5.41, 5.74) is 0.118. The van der Waals surface area contributed by atoms with Crippen LogP contribution in [-0.4, -0.2) is 37.6 Å². The van der Waals surface area contributed by atoms with Crippen LogP contribution in [0.15, 0.2) is 0 Å². The summed E-state index contributed by atoms with van der Waals surface area (Å²) in [5.74, 6) is 3.65. The van der Waals surface area contributed by atoms with Crippen molar-refractivity contribution in [3.63, 3.8) is 0 Å². The predicted octanol–water partition coefficient (Wildman–Crippen LogP) is 2.80. The average Bonchev–Trinajstić information content (AvgIpc) is 2.37. The molecule has 1 spiro atoms. The summed E-state index contributed by atoms with van der Waals surface area (Å²) in [6.45, 7) is 6.96. The standard InChI is InChI=1S/C10H20BOPS3/c1-7-8(2)10(12-9(7)11)4-5-15-13(3,14)16-6-10/h7-9H,4-6,11H2,1-3H3/t7-,8?,9+,10+,13?/m0/s1. The molecule has 1 nitrogen and oxygen atoms in total. The maximum Gasteiger partial charge on any atom is 0.139 e. The largest absolute Gasteiger partial charge is 0.379 e. The van der Waals surface area contributed by atoms with Gasteiger partial charge in [-0.05, 0) is 24.9 Å². The minimum Gasteiger partial charge on any atom is -0.379 e. The van der Waals surface area contributed by atoms with E-state index in [1.165, 1.54) is 12.2 Å². The van der Waals surface area contributed by atoms with Crippen LogP contribution in [0.3, 0.4) is 0 Å². The minimum atomic E-state index is -1.19. The molecule has 0 bridgehead atoms. The maximum absolute atomic E-state index is 6.32. The van der Waals surface area contributed by atoms with Crippen LogP contribution in [0.1, 0.15) is 20.3 Å². The third-order valence-electron chi connectivity index (χ3n) is 4.17. The van der Waals surface area contributed by atoms with Gasteiger partial charge in [-0.2, -0.15) is 0 Å². The Labute approximate surface area is 113 Å². The normalized spacial score (nSPS) is 54.1. The van der Waals surface area contributed by atoms with E-state index < -0.39 is 4.44 Å². The van der Waals surface area contributed by atoms with Gasteiger partial charge in [0.2, 0.25) is 0 Å². The Morgan fingerprint density at radius 2 is 2.12 bits per heavy atom. The lowest BCUT2D eigenvalue weighted by Gasteiger charge is -2.32. The van der Waals surface area contributed by atoms with Gasteiger partial charge in [-0.15, -0.1) is 22.8 Å². The zero-order chi connectivity index (χ0) is 12.0. The Morgan fingerprint density at radius 1 is 1.44 bits per heavy atom. The van der Waals surface area contributed by atoms with E-state index in [1.807, 2.05) is 22.8 Å². The SMILES string of the molecule is B[C@@H]1O[C@@]2(CCSP(C)(=S)SC2)C(C)[C@@H]1C. The summed E-state index contributed by atoms with van der Waals surface area (Å²) >= 11 is 9.70. The summed E-state index contributed by atoms with van der Waals surface area (Å²) in [6.07, 6.45) is 1.19. The molecule has 0 aromatic rings. The van der Waals surface area contributed by atoms with E-state index in [0.29, 0.717) is 17.8 Å². The lowest BCUT2D eigenvalue weighted by Crippen LogP contribution is -2.38. The second-order valence-corrected chi connectivity index (χ2v) is 18.1. The van der Waals surface area contributed by atoms with Crippen LogP contribution in [-0.2, 0) is 16.5 Å². The van der Waals surface area contributed by atoms with E-state index >= 15 is 0 Å². The van der Waals surface area contributed by atoms with Gasteiger partial charge in [0, 0.05) is 17.5 Å². The fourth-order valence-corrected chi connectivity index (χ4v) is 10.2. The van der Waals surface area contributed by atoms with Crippen molar-refractivity contribution in [2.45, 2.75) is 31.9 Å². The van der Waals surface area contributed by atoms with Crippen LogP contribution < -0.4 is 0 Å². The fraction of sp³-hybridized carbons (Fsp3) is 1.00. The van der Waals surface area contributed by atoms with Crippen LogP contribution in [0.5, 0.6) is 0 Å². The highest BCUT2D eigenvalue weighted by atomic mass is 33.2. The van der Waals surface area contributed by atoms with E-state index in [1.54, 1.807) is 0 Å². The van der Waals surface area contributed by atoms with Gasteiger partial charge in [0.25, 0.3) is 0 Å². The van der Waals surface area contributed by atoms with Gasteiger partial charge in [0.05, 0.1) is 10.0 Å². The highest BCUT2D eigenvalue weighted by Gasteiger charge is 2.49. The Bertz CT molecular complexity index is 327. The van der Waals surface area contributed by atoms with Crippen molar-refractivity contribution in [1.29, 1.82) is 0 Å². The summed E-state index contributed by atoms with van der Waals surface area (Å²) in [4.78, 5) is 0. The molecule has 5 atom stereocenters. The molecule has 2 heterocycles. The zero-order valence-corrected chi connectivity index (χ0v) is 13.8. The van der Waals surface area contributed by atoms with Crippen molar-refractivity contribution in [2.24, 2.45) is 11.8 Å². The highest BCUT2D eigenvalue weighted by Crippen LogP contribution is 2.70. The summed E-state index contributed by atoms with van der Waals surface area (Å²) in [5, 5.41) is 0. The first-order chi connectivity index (χ1) is 7.36. The molecule has 0 aliphatic carbocycles. The van der Waals surface area contributed by atoms with Gasteiger partial charge in [-0.3, -0.25) is 0 Å². The summed E-state index contributed by atoms with van der Waals surface area (Å²) < 4.78 is 5.14. The smallest absolute Gasteiger partial charge is 0.139 e. The third-order valence-corrected chi connectivity index (χ3v) is 13.7. The molecule has 2 fully saturated rings. The minimum absolute atomic E-state index is 0.118. The molecular weight excluding hydrogens is 274 g/mol. The van der Waals surface area contributed by atoms with E-state index in [2.05, 4.69) is 28.4 Å². The fourth-order valence-electron chi connectivity index (χ4n) is 2.64. The van der Waals surface area contributed by atoms with Gasteiger partial charge in [-0.1, -0.05) is 25.7 Å². The summed E-state index contributed by atoms with van der Waals surface area (Å²) in [6, 6.07) is 0.411. The van der Waals surface area contributed by atoms with Crippen molar-refractivity contribution in [3.05, 3.63) is 0 Å². The topological polar surface area (TPSA) is 9.23 Å². The van der Waals surface area contributed by atoms with E-state index in [9.17, 15) is 0 Å². The first-order valence-corrected chi connectivity index (χ1v) is 12.3. The number of hydrogen-bond donors (Lipinski definition) is 0. The Morgan fingerprint density at radius 3 is 2.69 bits per heavy atom. The molecule has 92 valence electrons. The molecule has 2 unspecified atom stereocenters. The number of rotatable bonds is 0. The van der Waals surface area contributed by atoms with E-state index in [-0.39, 0.29) is 5.60 Å². The molecule has 0 aromatic heterocycles. The first-order valence-electron chi connectivity index (χ1n) is 5.91. The Hall–Kier alpha value is 1.37. The monoisotopic (exact) mass is 294 g/mol. The lowest BCUT2D eigenvalue weighted by molar-refractivity contribution is -0.0134. The quantitative estimate of drug-likeness (QED) is 0.501.